The summed E-state index contributed by atoms with van der Waals surface area (Å²) in [4.78, 5) is 2.11. The van der Waals surface area contributed by atoms with E-state index < -0.39 is 0 Å². The van der Waals surface area contributed by atoms with Crippen molar-refractivity contribution in [3.05, 3.63) is 5.69 Å². The number of hydrogen-bond acceptors (Lipinski definition) is 4. The van der Waals surface area contributed by atoms with E-state index in [2.05, 4.69) is 20.2 Å². The highest BCUT2D eigenvalue weighted by atomic mass is 15.4. The van der Waals surface area contributed by atoms with Crippen molar-refractivity contribution < 1.29 is 0 Å². The van der Waals surface area contributed by atoms with Gasteiger partial charge in [-0.25, -0.2) is 4.68 Å². The normalized spacial score (nSPS) is 11.7. The minimum absolute atomic E-state index is 0.596. The number of aromatic nitrogens is 4. The molecule has 0 bridgehead atoms. The molecule has 6 nitrogen and oxygen atoms in total. The fraction of sp³-hybridized carbons (Fsp3) is 0.556. The zero-order chi connectivity index (χ0) is 11.0. The fourth-order valence-electron chi connectivity index (χ4n) is 1.62. The van der Waals surface area contributed by atoms with Gasteiger partial charge in [0.25, 0.3) is 0 Å². The Labute approximate surface area is 88.0 Å². The van der Waals surface area contributed by atoms with E-state index in [1.54, 1.807) is 0 Å². The van der Waals surface area contributed by atoms with E-state index >= 15 is 0 Å². The number of H-pyrrole nitrogens is 1. The number of likely N-dealkylation sites (N-methyl/N-ethyl adjacent to an activating group) is 1. The Bertz CT molecular complexity index is 466. The van der Waals surface area contributed by atoms with Crippen molar-refractivity contribution >= 4 is 16.9 Å². The second-order valence-electron chi connectivity index (χ2n) is 3.95. The molecule has 0 aliphatic rings. The molecular weight excluding hydrogens is 192 g/mol. The Kier molecular flexibility index (Phi) is 2.36. The lowest BCUT2D eigenvalue weighted by Gasteiger charge is -2.08. The molecule has 0 aliphatic heterocycles. The van der Waals surface area contributed by atoms with Crippen molar-refractivity contribution in [3.8, 4) is 0 Å². The van der Waals surface area contributed by atoms with Crippen LogP contribution in [-0.4, -0.2) is 45.5 Å². The Balaban J connectivity index is 2.35. The Hall–Kier alpha value is -1.56. The van der Waals surface area contributed by atoms with E-state index in [-0.39, 0.29) is 0 Å². The van der Waals surface area contributed by atoms with Crippen molar-refractivity contribution in [2.45, 2.75) is 13.5 Å². The molecule has 0 aliphatic carbocycles. The van der Waals surface area contributed by atoms with Gasteiger partial charge in [0.1, 0.15) is 5.82 Å². The molecule has 0 aromatic carbocycles. The molecule has 0 saturated carbocycles. The SMILES string of the molecule is Cc1nn(CCN(C)C)c2n[nH]c(N)c12. The molecule has 0 spiro atoms. The van der Waals surface area contributed by atoms with Gasteiger partial charge in [0, 0.05) is 6.54 Å². The molecule has 3 N–H and O–H groups in total. The van der Waals surface area contributed by atoms with E-state index in [0.717, 1.165) is 29.8 Å². The summed E-state index contributed by atoms with van der Waals surface area (Å²) in [6.07, 6.45) is 0. The van der Waals surface area contributed by atoms with Crippen LogP contribution < -0.4 is 5.73 Å². The maximum atomic E-state index is 5.76. The van der Waals surface area contributed by atoms with Crippen LogP contribution in [0.2, 0.25) is 0 Å². The number of rotatable bonds is 3. The predicted octanol–water partition coefficient (Wildman–Crippen LogP) is 0.212. The molecule has 2 aromatic rings. The average Bonchev–Trinajstić information content (AvgIpc) is 2.67. The first-order valence-electron chi connectivity index (χ1n) is 4.91. The number of aryl methyl sites for hydroxylation is 1. The Morgan fingerprint density at radius 2 is 2.20 bits per heavy atom. The molecule has 0 fully saturated rings. The lowest BCUT2D eigenvalue weighted by molar-refractivity contribution is 0.375. The lowest BCUT2D eigenvalue weighted by Crippen LogP contribution is -2.19. The van der Waals surface area contributed by atoms with Gasteiger partial charge in [0.15, 0.2) is 5.65 Å². The molecule has 2 heterocycles. The molecule has 0 saturated heterocycles. The topological polar surface area (TPSA) is 75.8 Å². The quantitative estimate of drug-likeness (QED) is 0.756. The van der Waals surface area contributed by atoms with Crippen molar-refractivity contribution in [1.29, 1.82) is 0 Å². The van der Waals surface area contributed by atoms with E-state index in [9.17, 15) is 0 Å². The van der Waals surface area contributed by atoms with E-state index in [0.29, 0.717) is 5.82 Å². The van der Waals surface area contributed by atoms with Crippen LogP contribution in [0, 0.1) is 6.92 Å². The summed E-state index contributed by atoms with van der Waals surface area (Å²) in [6.45, 7) is 3.70. The summed E-state index contributed by atoms with van der Waals surface area (Å²) in [5.41, 5.74) is 7.53. The van der Waals surface area contributed by atoms with Gasteiger partial charge < -0.3 is 10.6 Å². The number of anilines is 1. The molecule has 82 valence electrons. The molecule has 0 radical (unpaired) electrons. The first-order chi connectivity index (χ1) is 7.09. The number of nitrogens with one attached hydrogen (secondary N) is 1. The lowest BCUT2D eigenvalue weighted by atomic mass is 10.3. The van der Waals surface area contributed by atoms with E-state index in [4.69, 9.17) is 5.73 Å². The number of nitrogen functional groups attached to an aromatic ring is 1. The molecule has 0 unspecified atom stereocenters. The largest absolute Gasteiger partial charge is 0.383 e. The standard InChI is InChI=1S/C9H16N6/c1-6-7-8(10)11-12-9(7)15(13-6)5-4-14(2)3/h4-5H2,1-3H3,(H3,10,11,12). The highest BCUT2D eigenvalue weighted by molar-refractivity contribution is 5.88. The molecule has 2 aromatic heterocycles. The van der Waals surface area contributed by atoms with Crippen LogP contribution in [0.15, 0.2) is 0 Å². The van der Waals surface area contributed by atoms with Crippen molar-refractivity contribution in [3.63, 3.8) is 0 Å². The van der Waals surface area contributed by atoms with Crippen LogP contribution in [0.4, 0.5) is 5.82 Å². The Morgan fingerprint density at radius 3 is 2.87 bits per heavy atom. The fourth-order valence-corrected chi connectivity index (χ4v) is 1.62. The molecule has 6 heteroatoms. The summed E-state index contributed by atoms with van der Waals surface area (Å²) in [7, 11) is 4.07. The maximum Gasteiger partial charge on any atom is 0.182 e. The average molecular weight is 208 g/mol. The number of aromatic amines is 1. The third-order valence-electron chi connectivity index (χ3n) is 2.41. The second kappa shape index (κ2) is 3.54. The number of fused-ring (bicyclic) bond motifs is 1. The summed E-state index contributed by atoms with van der Waals surface area (Å²) in [6, 6.07) is 0. The second-order valence-corrected chi connectivity index (χ2v) is 3.95. The zero-order valence-corrected chi connectivity index (χ0v) is 9.28. The van der Waals surface area contributed by atoms with Crippen LogP contribution in [0.3, 0.4) is 0 Å². The van der Waals surface area contributed by atoms with Gasteiger partial charge in [-0.05, 0) is 21.0 Å². The van der Waals surface area contributed by atoms with Crippen molar-refractivity contribution in [2.24, 2.45) is 0 Å². The molecule has 15 heavy (non-hydrogen) atoms. The predicted molar refractivity (Wildman–Crippen MR) is 59.6 cm³/mol. The van der Waals surface area contributed by atoms with Gasteiger partial charge in [-0.3, -0.25) is 5.10 Å². The van der Waals surface area contributed by atoms with E-state index in [1.165, 1.54) is 0 Å². The van der Waals surface area contributed by atoms with Crippen LogP contribution in [0.1, 0.15) is 5.69 Å². The maximum absolute atomic E-state index is 5.76. The number of nitrogens with two attached hydrogens (primary N) is 1. The third-order valence-corrected chi connectivity index (χ3v) is 2.41. The first kappa shape index (κ1) is 9.97. The van der Waals surface area contributed by atoms with Gasteiger partial charge in [0.05, 0.1) is 17.6 Å². The summed E-state index contributed by atoms with van der Waals surface area (Å²) in [5.74, 6) is 0.596. The van der Waals surface area contributed by atoms with Crippen LogP contribution >= 0.6 is 0 Å². The van der Waals surface area contributed by atoms with Crippen LogP contribution in [-0.2, 0) is 6.54 Å². The minimum atomic E-state index is 0.596. The molecule has 0 amide bonds. The van der Waals surface area contributed by atoms with Crippen molar-refractivity contribution in [2.75, 3.05) is 26.4 Å². The highest BCUT2D eigenvalue weighted by Gasteiger charge is 2.12. The summed E-state index contributed by atoms with van der Waals surface area (Å²) < 4.78 is 1.89. The van der Waals surface area contributed by atoms with Crippen LogP contribution in [0.5, 0.6) is 0 Å². The van der Waals surface area contributed by atoms with Crippen LogP contribution in [0.25, 0.3) is 11.0 Å². The molecular formula is C9H16N6. The Morgan fingerprint density at radius 1 is 1.47 bits per heavy atom. The first-order valence-corrected chi connectivity index (χ1v) is 4.91. The smallest absolute Gasteiger partial charge is 0.182 e. The number of nitrogens with zero attached hydrogens (tertiary/aromatic N) is 4. The summed E-state index contributed by atoms with van der Waals surface area (Å²) >= 11 is 0. The zero-order valence-electron chi connectivity index (χ0n) is 9.28. The summed E-state index contributed by atoms with van der Waals surface area (Å²) in [5, 5.41) is 12.3. The molecule has 0 atom stereocenters. The van der Waals surface area contributed by atoms with Crippen molar-refractivity contribution in [1.82, 2.24) is 24.9 Å². The van der Waals surface area contributed by atoms with Gasteiger partial charge in [-0.15, -0.1) is 0 Å². The van der Waals surface area contributed by atoms with Gasteiger partial charge in [-0.1, -0.05) is 0 Å². The molecule has 2 rings (SSSR count). The highest BCUT2D eigenvalue weighted by Crippen LogP contribution is 2.20. The van der Waals surface area contributed by atoms with Gasteiger partial charge in [0.2, 0.25) is 0 Å². The van der Waals surface area contributed by atoms with Gasteiger partial charge in [-0.2, -0.15) is 10.2 Å². The monoisotopic (exact) mass is 208 g/mol. The van der Waals surface area contributed by atoms with E-state index in [1.807, 2.05) is 25.7 Å². The van der Waals surface area contributed by atoms with Gasteiger partial charge >= 0.3 is 0 Å². The minimum Gasteiger partial charge on any atom is -0.383 e. The third kappa shape index (κ3) is 1.68. The number of hydrogen-bond donors (Lipinski definition) is 2.